The van der Waals surface area contributed by atoms with Gasteiger partial charge in [0.05, 0.1) is 12.5 Å². The number of rotatable bonds is 4. The molecule has 0 aliphatic heterocycles. The first-order valence-corrected chi connectivity index (χ1v) is 9.60. The summed E-state index contributed by atoms with van der Waals surface area (Å²) in [7, 11) is -1.06. The first-order valence-electron chi connectivity index (χ1n) is 5.89. The number of ether oxygens (including phenoxy) is 1. The Morgan fingerprint density at radius 1 is 1.40 bits per heavy atom. The van der Waals surface area contributed by atoms with Crippen LogP contribution in [0.25, 0.3) is 0 Å². The largest absolute Gasteiger partial charge is 0.466 e. The summed E-state index contributed by atoms with van der Waals surface area (Å²) in [6.07, 6.45) is 2.17. The fourth-order valence-corrected chi connectivity index (χ4v) is 2.58. The molecule has 0 heterocycles. The molecule has 0 aromatic heterocycles. The van der Waals surface area contributed by atoms with Crippen LogP contribution in [0.3, 0.4) is 0 Å². The quantitative estimate of drug-likeness (QED) is 0.545. The van der Waals surface area contributed by atoms with Gasteiger partial charge in [0.25, 0.3) is 0 Å². The SMILES string of the molecule is CC1(C)CCC1C(=O)OCC[Si](C)(C)C. The third-order valence-corrected chi connectivity index (χ3v) is 5.11. The fourth-order valence-electron chi connectivity index (χ4n) is 1.86. The fraction of sp³-hybridized carbons (Fsp3) is 0.917. The van der Waals surface area contributed by atoms with Gasteiger partial charge in [-0.05, 0) is 24.3 Å². The number of hydrogen-bond acceptors (Lipinski definition) is 2. The summed E-state index contributed by atoms with van der Waals surface area (Å²) in [5, 5.41) is 0. The van der Waals surface area contributed by atoms with Gasteiger partial charge in [-0.15, -0.1) is 0 Å². The predicted octanol–water partition coefficient (Wildman–Crippen LogP) is 3.30. The van der Waals surface area contributed by atoms with Crippen molar-refractivity contribution in [1.29, 1.82) is 0 Å². The third kappa shape index (κ3) is 3.63. The zero-order chi connectivity index (χ0) is 11.7. The minimum absolute atomic E-state index is 0.0319. The van der Waals surface area contributed by atoms with Crippen molar-refractivity contribution in [2.45, 2.75) is 52.4 Å². The molecular formula is C12H24O2Si. The van der Waals surface area contributed by atoms with Crippen molar-refractivity contribution in [3.05, 3.63) is 0 Å². The molecule has 1 atom stereocenters. The van der Waals surface area contributed by atoms with Crippen molar-refractivity contribution in [2.75, 3.05) is 6.61 Å². The first-order chi connectivity index (χ1) is 6.72. The molecule has 15 heavy (non-hydrogen) atoms. The molecular weight excluding hydrogens is 204 g/mol. The maximum absolute atomic E-state index is 11.7. The number of carbonyl (C=O) groups is 1. The molecule has 0 aromatic rings. The summed E-state index contributed by atoms with van der Waals surface area (Å²) in [6.45, 7) is 11.8. The van der Waals surface area contributed by atoms with Crippen molar-refractivity contribution in [1.82, 2.24) is 0 Å². The average molecular weight is 228 g/mol. The van der Waals surface area contributed by atoms with Crippen LogP contribution in [0.2, 0.25) is 25.7 Å². The molecule has 1 fully saturated rings. The Hall–Kier alpha value is -0.313. The van der Waals surface area contributed by atoms with E-state index in [1.165, 1.54) is 0 Å². The van der Waals surface area contributed by atoms with E-state index in [2.05, 4.69) is 33.5 Å². The Bertz CT molecular complexity index is 240. The van der Waals surface area contributed by atoms with Crippen molar-refractivity contribution in [2.24, 2.45) is 11.3 Å². The van der Waals surface area contributed by atoms with Crippen LogP contribution in [-0.4, -0.2) is 20.7 Å². The Morgan fingerprint density at radius 2 is 2.00 bits per heavy atom. The van der Waals surface area contributed by atoms with Crippen molar-refractivity contribution in [3.63, 3.8) is 0 Å². The summed E-state index contributed by atoms with van der Waals surface area (Å²) in [4.78, 5) is 11.7. The molecule has 1 rings (SSSR count). The highest BCUT2D eigenvalue weighted by Crippen LogP contribution is 2.46. The van der Waals surface area contributed by atoms with E-state index < -0.39 is 8.07 Å². The van der Waals surface area contributed by atoms with E-state index in [9.17, 15) is 4.79 Å². The van der Waals surface area contributed by atoms with Gasteiger partial charge in [0.2, 0.25) is 0 Å². The van der Waals surface area contributed by atoms with Gasteiger partial charge in [-0.3, -0.25) is 4.79 Å². The molecule has 1 aliphatic carbocycles. The number of esters is 1. The topological polar surface area (TPSA) is 26.3 Å². The van der Waals surface area contributed by atoms with Crippen LogP contribution in [0.4, 0.5) is 0 Å². The lowest BCUT2D eigenvalue weighted by atomic mass is 9.63. The molecule has 1 saturated carbocycles. The third-order valence-electron chi connectivity index (χ3n) is 3.40. The zero-order valence-electron chi connectivity index (χ0n) is 10.7. The van der Waals surface area contributed by atoms with Gasteiger partial charge in [-0.2, -0.15) is 0 Å². The van der Waals surface area contributed by atoms with Crippen molar-refractivity contribution in [3.8, 4) is 0 Å². The highest BCUT2D eigenvalue weighted by atomic mass is 28.3. The molecule has 0 amide bonds. The summed E-state index contributed by atoms with van der Waals surface area (Å²) >= 11 is 0. The standard InChI is InChI=1S/C12H24O2Si/c1-12(2)7-6-10(12)11(13)14-8-9-15(3,4)5/h10H,6-9H2,1-5H3. The molecule has 2 nitrogen and oxygen atoms in total. The average Bonchev–Trinajstić information content (AvgIpc) is 1.99. The molecule has 0 saturated heterocycles. The zero-order valence-corrected chi connectivity index (χ0v) is 11.7. The summed E-state index contributed by atoms with van der Waals surface area (Å²) in [5.74, 6) is 0.184. The highest BCUT2D eigenvalue weighted by Gasteiger charge is 2.44. The Kier molecular flexibility index (Phi) is 3.64. The van der Waals surface area contributed by atoms with Crippen molar-refractivity contribution < 1.29 is 9.53 Å². The van der Waals surface area contributed by atoms with Gasteiger partial charge in [-0.1, -0.05) is 33.5 Å². The van der Waals surface area contributed by atoms with E-state index in [0.717, 1.165) is 18.9 Å². The minimum atomic E-state index is -1.06. The van der Waals surface area contributed by atoms with E-state index in [0.29, 0.717) is 6.61 Å². The van der Waals surface area contributed by atoms with E-state index >= 15 is 0 Å². The first kappa shape index (κ1) is 12.8. The predicted molar refractivity (Wildman–Crippen MR) is 65.6 cm³/mol. The van der Waals surface area contributed by atoms with Gasteiger partial charge < -0.3 is 4.74 Å². The Morgan fingerprint density at radius 3 is 2.33 bits per heavy atom. The van der Waals surface area contributed by atoms with Gasteiger partial charge in [0.15, 0.2) is 0 Å². The van der Waals surface area contributed by atoms with Crippen LogP contribution in [-0.2, 0) is 9.53 Å². The maximum atomic E-state index is 11.7. The van der Waals surface area contributed by atoms with Gasteiger partial charge in [0.1, 0.15) is 0 Å². The van der Waals surface area contributed by atoms with Gasteiger partial charge >= 0.3 is 5.97 Å². The Labute approximate surface area is 94.4 Å². The molecule has 1 unspecified atom stereocenters. The highest BCUT2D eigenvalue weighted by molar-refractivity contribution is 6.76. The van der Waals surface area contributed by atoms with E-state index in [4.69, 9.17) is 4.74 Å². The monoisotopic (exact) mass is 228 g/mol. The van der Waals surface area contributed by atoms with Crippen LogP contribution >= 0.6 is 0 Å². The molecule has 88 valence electrons. The van der Waals surface area contributed by atoms with Crippen LogP contribution < -0.4 is 0 Å². The molecule has 3 heteroatoms. The minimum Gasteiger partial charge on any atom is -0.466 e. The molecule has 0 N–H and O–H groups in total. The van der Waals surface area contributed by atoms with Crippen LogP contribution in [0.5, 0.6) is 0 Å². The molecule has 0 spiro atoms. The second-order valence-corrected chi connectivity index (χ2v) is 12.2. The molecule has 0 radical (unpaired) electrons. The van der Waals surface area contributed by atoms with E-state index in [-0.39, 0.29) is 17.3 Å². The normalized spacial score (nSPS) is 24.5. The lowest BCUT2D eigenvalue weighted by molar-refractivity contribution is -0.158. The van der Waals surface area contributed by atoms with Crippen LogP contribution in [0.15, 0.2) is 0 Å². The Balaban J connectivity index is 2.26. The van der Waals surface area contributed by atoms with E-state index in [1.807, 2.05) is 0 Å². The second kappa shape index (κ2) is 4.28. The smallest absolute Gasteiger partial charge is 0.309 e. The molecule has 0 bridgehead atoms. The molecule has 0 aromatic carbocycles. The summed E-state index contributed by atoms with van der Waals surface area (Å²) in [6, 6.07) is 1.08. The summed E-state index contributed by atoms with van der Waals surface area (Å²) in [5.41, 5.74) is 0.177. The lowest BCUT2D eigenvalue weighted by Gasteiger charge is -2.42. The second-order valence-electron chi connectivity index (χ2n) is 6.56. The number of hydrogen-bond donors (Lipinski definition) is 0. The van der Waals surface area contributed by atoms with Gasteiger partial charge in [-0.25, -0.2) is 0 Å². The van der Waals surface area contributed by atoms with Crippen LogP contribution in [0.1, 0.15) is 26.7 Å². The van der Waals surface area contributed by atoms with Gasteiger partial charge in [0, 0.05) is 8.07 Å². The summed E-state index contributed by atoms with van der Waals surface area (Å²) < 4.78 is 5.35. The van der Waals surface area contributed by atoms with Crippen molar-refractivity contribution >= 4 is 14.0 Å². The van der Waals surface area contributed by atoms with Crippen LogP contribution in [0, 0.1) is 11.3 Å². The van der Waals surface area contributed by atoms with E-state index in [1.54, 1.807) is 0 Å². The molecule has 1 aliphatic rings. The lowest BCUT2D eigenvalue weighted by Crippen LogP contribution is -2.41. The number of carbonyl (C=O) groups excluding carboxylic acids is 1. The maximum Gasteiger partial charge on any atom is 0.309 e.